The lowest BCUT2D eigenvalue weighted by molar-refractivity contribution is 0.902. The fourth-order valence-corrected chi connectivity index (χ4v) is 2.30. The second-order valence-electron chi connectivity index (χ2n) is 3.77. The molecule has 0 bridgehead atoms. The van der Waals surface area contributed by atoms with Gasteiger partial charge in [0.25, 0.3) is 0 Å². The summed E-state index contributed by atoms with van der Waals surface area (Å²) in [5, 5.41) is 5.39. The van der Waals surface area contributed by atoms with E-state index < -0.39 is 0 Å². The van der Waals surface area contributed by atoms with Crippen molar-refractivity contribution in [3.63, 3.8) is 0 Å². The van der Waals surface area contributed by atoms with E-state index in [0.29, 0.717) is 5.82 Å². The molecule has 3 N–H and O–H groups in total. The Morgan fingerprint density at radius 3 is 3.00 bits per heavy atom. The van der Waals surface area contributed by atoms with Gasteiger partial charge in [-0.3, -0.25) is 0 Å². The van der Waals surface area contributed by atoms with Gasteiger partial charge in [-0.05, 0) is 17.9 Å². The topological polar surface area (TPSA) is 63.8 Å². The quantitative estimate of drug-likeness (QED) is 0.854. The Morgan fingerprint density at radius 1 is 1.41 bits per heavy atom. The Hall–Kier alpha value is -1.62. The number of nitrogens with two attached hydrogens (primary N) is 1. The first kappa shape index (κ1) is 11.9. The van der Waals surface area contributed by atoms with Crippen molar-refractivity contribution in [2.24, 2.45) is 0 Å². The standard InChI is InChI=1S/C12H16N4S/c1-2-4-10-11(13)15-8-16-12(10)14-7-9-5-3-6-17-9/h3,5-6,8H,2,4,7H2,1H3,(H3,13,14,15,16). The number of anilines is 2. The number of thiophene rings is 1. The summed E-state index contributed by atoms with van der Waals surface area (Å²) in [4.78, 5) is 9.57. The van der Waals surface area contributed by atoms with E-state index in [4.69, 9.17) is 5.73 Å². The van der Waals surface area contributed by atoms with Crippen LogP contribution in [-0.2, 0) is 13.0 Å². The average Bonchev–Trinajstić information content (AvgIpc) is 2.83. The maximum atomic E-state index is 5.87. The normalized spacial score (nSPS) is 10.4. The summed E-state index contributed by atoms with van der Waals surface area (Å²) in [6, 6.07) is 4.14. The van der Waals surface area contributed by atoms with E-state index in [0.717, 1.165) is 30.8 Å². The monoisotopic (exact) mass is 248 g/mol. The zero-order valence-electron chi connectivity index (χ0n) is 9.81. The average molecular weight is 248 g/mol. The van der Waals surface area contributed by atoms with E-state index >= 15 is 0 Å². The first-order chi connectivity index (χ1) is 8.31. The summed E-state index contributed by atoms with van der Waals surface area (Å²) in [5.74, 6) is 1.43. The molecule has 4 nitrogen and oxygen atoms in total. The van der Waals surface area contributed by atoms with Gasteiger partial charge in [0, 0.05) is 10.4 Å². The smallest absolute Gasteiger partial charge is 0.135 e. The molecule has 17 heavy (non-hydrogen) atoms. The molecule has 2 heterocycles. The molecule has 5 heteroatoms. The number of nitrogen functional groups attached to an aromatic ring is 1. The molecule has 0 radical (unpaired) electrons. The van der Waals surface area contributed by atoms with Crippen molar-refractivity contribution >= 4 is 23.0 Å². The highest BCUT2D eigenvalue weighted by molar-refractivity contribution is 7.09. The first-order valence-electron chi connectivity index (χ1n) is 5.67. The maximum absolute atomic E-state index is 5.87. The maximum Gasteiger partial charge on any atom is 0.135 e. The third-order valence-electron chi connectivity index (χ3n) is 2.49. The summed E-state index contributed by atoms with van der Waals surface area (Å²) in [7, 11) is 0. The van der Waals surface area contributed by atoms with Crippen LogP contribution < -0.4 is 11.1 Å². The zero-order chi connectivity index (χ0) is 12.1. The van der Waals surface area contributed by atoms with Gasteiger partial charge in [0.1, 0.15) is 18.0 Å². The molecule has 0 aliphatic heterocycles. The predicted octanol–water partition coefficient (Wildman–Crippen LogP) is 2.68. The van der Waals surface area contributed by atoms with Crippen molar-refractivity contribution < 1.29 is 0 Å². The second kappa shape index (κ2) is 5.63. The molecule has 0 aliphatic carbocycles. The second-order valence-corrected chi connectivity index (χ2v) is 4.80. The van der Waals surface area contributed by atoms with E-state index in [9.17, 15) is 0 Å². The van der Waals surface area contributed by atoms with Crippen LogP contribution in [0, 0.1) is 0 Å². The van der Waals surface area contributed by atoms with Crippen LogP contribution >= 0.6 is 11.3 Å². The fraction of sp³-hybridized carbons (Fsp3) is 0.333. The van der Waals surface area contributed by atoms with Crippen LogP contribution in [0.3, 0.4) is 0 Å². The Bertz CT molecular complexity index is 467. The van der Waals surface area contributed by atoms with Crippen LogP contribution in [0.1, 0.15) is 23.8 Å². The number of hydrogen-bond donors (Lipinski definition) is 2. The third kappa shape index (κ3) is 2.94. The Labute approximate surface area is 105 Å². The molecular formula is C12H16N4S. The zero-order valence-corrected chi connectivity index (χ0v) is 10.6. The fourth-order valence-electron chi connectivity index (χ4n) is 1.66. The van der Waals surface area contributed by atoms with Gasteiger partial charge in [0.15, 0.2) is 0 Å². The van der Waals surface area contributed by atoms with Crippen LogP contribution in [0.5, 0.6) is 0 Å². The van der Waals surface area contributed by atoms with Crippen molar-refractivity contribution in [1.29, 1.82) is 0 Å². The van der Waals surface area contributed by atoms with Gasteiger partial charge in [0.05, 0.1) is 6.54 Å². The SMILES string of the molecule is CCCc1c(N)ncnc1NCc1cccs1. The molecule has 0 fully saturated rings. The molecule has 0 atom stereocenters. The van der Waals surface area contributed by atoms with E-state index in [2.05, 4.69) is 33.7 Å². The lowest BCUT2D eigenvalue weighted by atomic mass is 10.1. The summed E-state index contributed by atoms with van der Waals surface area (Å²) in [6.45, 7) is 2.90. The minimum atomic E-state index is 0.579. The Balaban J connectivity index is 2.11. The van der Waals surface area contributed by atoms with Crippen LogP contribution in [-0.4, -0.2) is 9.97 Å². The van der Waals surface area contributed by atoms with E-state index in [1.807, 2.05) is 6.07 Å². The van der Waals surface area contributed by atoms with Crippen molar-refractivity contribution in [2.45, 2.75) is 26.3 Å². The molecule has 0 aromatic carbocycles. The molecule has 0 saturated carbocycles. The summed E-state index contributed by atoms with van der Waals surface area (Å²) in [6.07, 6.45) is 3.44. The summed E-state index contributed by atoms with van der Waals surface area (Å²) >= 11 is 1.73. The number of hydrogen-bond acceptors (Lipinski definition) is 5. The van der Waals surface area contributed by atoms with Gasteiger partial charge in [-0.15, -0.1) is 11.3 Å². The molecule has 0 unspecified atom stereocenters. The number of nitrogens with one attached hydrogen (secondary N) is 1. The number of aromatic nitrogens is 2. The molecular weight excluding hydrogens is 232 g/mol. The van der Waals surface area contributed by atoms with Gasteiger partial charge in [-0.1, -0.05) is 19.4 Å². The van der Waals surface area contributed by atoms with Crippen LogP contribution in [0.15, 0.2) is 23.8 Å². The molecule has 0 aliphatic rings. The largest absolute Gasteiger partial charge is 0.383 e. The summed E-state index contributed by atoms with van der Waals surface area (Å²) in [5.41, 5.74) is 6.89. The molecule has 0 amide bonds. The Kier molecular flexibility index (Phi) is 3.93. The minimum Gasteiger partial charge on any atom is -0.383 e. The molecule has 2 aromatic heterocycles. The van der Waals surface area contributed by atoms with Crippen LogP contribution in [0.2, 0.25) is 0 Å². The molecule has 0 saturated heterocycles. The first-order valence-corrected chi connectivity index (χ1v) is 6.54. The van der Waals surface area contributed by atoms with Gasteiger partial charge < -0.3 is 11.1 Å². The van der Waals surface area contributed by atoms with E-state index in [-0.39, 0.29) is 0 Å². The lowest BCUT2D eigenvalue weighted by Gasteiger charge is -2.10. The van der Waals surface area contributed by atoms with Crippen LogP contribution in [0.25, 0.3) is 0 Å². The van der Waals surface area contributed by atoms with Crippen molar-refractivity contribution in [3.8, 4) is 0 Å². The van der Waals surface area contributed by atoms with Crippen molar-refractivity contribution in [1.82, 2.24) is 9.97 Å². The molecule has 2 aromatic rings. The van der Waals surface area contributed by atoms with E-state index in [1.165, 1.54) is 11.2 Å². The molecule has 90 valence electrons. The Morgan fingerprint density at radius 2 is 2.29 bits per heavy atom. The van der Waals surface area contributed by atoms with Gasteiger partial charge in [-0.2, -0.15) is 0 Å². The van der Waals surface area contributed by atoms with Crippen molar-refractivity contribution in [3.05, 3.63) is 34.3 Å². The van der Waals surface area contributed by atoms with Crippen LogP contribution in [0.4, 0.5) is 11.6 Å². The number of nitrogens with zero attached hydrogens (tertiary/aromatic N) is 2. The molecule has 0 spiro atoms. The van der Waals surface area contributed by atoms with E-state index in [1.54, 1.807) is 11.3 Å². The predicted molar refractivity (Wildman–Crippen MR) is 72.1 cm³/mol. The minimum absolute atomic E-state index is 0.579. The molecule has 2 rings (SSSR count). The van der Waals surface area contributed by atoms with Crippen molar-refractivity contribution in [2.75, 3.05) is 11.1 Å². The summed E-state index contributed by atoms with van der Waals surface area (Å²) < 4.78 is 0. The highest BCUT2D eigenvalue weighted by Crippen LogP contribution is 2.20. The lowest BCUT2D eigenvalue weighted by Crippen LogP contribution is -2.07. The third-order valence-corrected chi connectivity index (χ3v) is 3.37. The highest BCUT2D eigenvalue weighted by Gasteiger charge is 2.07. The highest BCUT2D eigenvalue weighted by atomic mass is 32.1. The van der Waals surface area contributed by atoms with Gasteiger partial charge in [0.2, 0.25) is 0 Å². The van der Waals surface area contributed by atoms with Gasteiger partial charge >= 0.3 is 0 Å². The van der Waals surface area contributed by atoms with Gasteiger partial charge in [-0.25, -0.2) is 9.97 Å². The number of rotatable bonds is 5.